The lowest BCUT2D eigenvalue weighted by Crippen LogP contribution is -2.39. The molecule has 5 nitrogen and oxygen atoms in total. The van der Waals surface area contributed by atoms with Crippen molar-refractivity contribution in [3.8, 4) is 5.75 Å². The number of nitrogens with one attached hydrogen (secondary N) is 2. The third-order valence-corrected chi connectivity index (χ3v) is 5.70. The predicted molar refractivity (Wildman–Crippen MR) is 123 cm³/mol. The minimum atomic E-state index is -0.897. The summed E-state index contributed by atoms with van der Waals surface area (Å²) in [5.74, 6) is 2.14. The molecule has 1 aromatic carbocycles. The van der Waals surface area contributed by atoms with Crippen LogP contribution in [0, 0.1) is 6.92 Å². The summed E-state index contributed by atoms with van der Waals surface area (Å²) in [7, 11) is 0.785. The van der Waals surface area contributed by atoms with E-state index in [1.54, 1.807) is 7.11 Å². The van der Waals surface area contributed by atoms with Gasteiger partial charge in [-0.1, -0.05) is 17.7 Å². The fraction of sp³-hybridized carbons (Fsp3) is 0.632. The largest absolute Gasteiger partial charge is 0.496 e. The second-order valence-electron chi connectivity index (χ2n) is 7.03. The van der Waals surface area contributed by atoms with Crippen LogP contribution in [-0.4, -0.2) is 40.9 Å². The Bertz CT molecular complexity index is 615. The van der Waals surface area contributed by atoms with Crippen LogP contribution in [0.5, 0.6) is 5.75 Å². The number of rotatable bonds is 7. The Hall–Kier alpha value is -0.830. The number of halogens is 1. The lowest BCUT2D eigenvalue weighted by atomic mass is 10.0. The number of nitrogens with zero attached hydrogens (tertiary/aromatic N) is 1. The number of hydrogen-bond donors (Lipinski definition) is 2. The van der Waals surface area contributed by atoms with Crippen molar-refractivity contribution < 1.29 is 8.95 Å². The number of aryl methyl sites for hydroxylation is 1. The maximum Gasteiger partial charge on any atom is 0.191 e. The molecule has 2 N–H and O–H groups in total. The van der Waals surface area contributed by atoms with Gasteiger partial charge in [-0.3, -0.25) is 9.20 Å². The molecule has 0 aliphatic heterocycles. The smallest absolute Gasteiger partial charge is 0.191 e. The molecule has 1 rings (SSSR count). The monoisotopic (exact) mass is 495 g/mol. The highest BCUT2D eigenvalue weighted by molar-refractivity contribution is 14.0. The Morgan fingerprint density at radius 3 is 2.54 bits per heavy atom. The van der Waals surface area contributed by atoms with E-state index in [4.69, 9.17) is 4.74 Å². The van der Waals surface area contributed by atoms with Gasteiger partial charge in [0.05, 0.1) is 19.7 Å². The molecule has 0 bridgehead atoms. The van der Waals surface area contributed by atoms with Gasteiger partial charge in [0.2, 0.25) is 0 Å². The van der Waals surface area contributed by atoms with Crippen molar-refractivity contribution in [2.24, 2.45) is 4.99 Å². The van der Waals surface area contributed by atoms with Gasteiger partial charge in [0.15, 0.2) is 5.96 Å². The van der Waals surface area contributed by atoms with E-state index >= 15 is 0 Å². The van der Waals surface area contributed by atoms with Crippen LogP contribution in [0.25, 0.3) is 0 Å². The zero-order chi connectivity index (χ0) is 19.0. The maximum absolute atomic E-state index is 12.2. The summed E-state index contributed by atoms with van der Waals surface area (Å²) in [5.41, 5.74) is 2.28. The normalized spacial score (nSPS) is 14.2. The lowest BCUT2D eigenvalue weighted by molar-refractivity contribution is 0.405. The van der Waals surface area contributed by atoms with Crippen molar-refractivity contribution in [3.05, 3.63) is 29.3 Å². The summed E-state index contributed by atoms with van der Waals surface area (Å²) in [4.78, 5) is 4.57. The van der Waals surface area contributed by atoms with Crippen molar-refractivity contribution in [3.63, 3.8) is 0 Å². The quantitative estimate of drug-likeness (QED) is 0.344. The van der Waals surface area contributed by atoms with Gasteiger partial charge in [-0.25, -0.2) is 0 Å². The van der Waals surface area contributed by atoms with Crippen LogP contribution in [0.4, 0.5) is 0 Å². The van der Waals surface area contributed by atoms with E-state index in [-0.39, 0.29) is 34.8 Å². The first-order chi connectivity index (χ1) is 11.7. The van der Waals surface area contributed by atoms with Crippen molar-refractivity contribution in [1.82, 2.24) is 10.6 Å². The van der Waals surface area contributed by atoms with E-state index in [0.29, 0.717) is 12.3 Å². The fourth-order valence-corrected chi connectivity index (χ4v) is 3.21. The molecule has 0 radical (unpaired) electrons. The summed E-state index contributed by atoms with van der Waals surface area (Å²) in [6, 6.07) is 6.19. The van der Waals surface area contributed by atoms with Gasteiger partial charge in [-0.05, 0) is 47.6 Å². The second kappa shape index (κ2) is 11.8. The van der Waals surface area contributed by atoms with Crippen molar-refractivity contribution in [1.29, 1.82) is 0 Å². The van der Waals surface area contributed by atoms with Crippen LogP contribution < -0.4 is 15.4 Å². The highest BCUT2D eigenvalue weighted by atomic mass is 127. The molecular formula is C19H34IN3O2S. The Morgan fingerprint density at radius 2 is 2.00 bits per heavy atom. The fourth-order valence-electron chi connectivity index (χ4n) is 2.34. The zero-order valence-corrected chi connectivity index (χ0v) is 20.2. The molecule has 0 fully saturated rings. The molecule has 1 aromatic rings. The summed E-state index contributed by atoms with van der Waals surface area (Å²) in [6.07, 6.45) is 0. The number of ether oxygens (including phenoxy) is 1. The minimum Gasteiger partial charge on any atom is -0.496 e. The van der Waals surface area contributed by atoms with Crippen LogP contribution in [0.3, 0.4) is 0 Å². The number of guanidine groups is 1. The maximum atomic E-state index is 12.2. The second-order valence-corrected chi connectivity index (χ2v) is 9.36. The third kappa shape index (κ3) is 8.24. The van der Waals surface area contributed by atoms with Crippen LogP contribution in [0.1, 0.15) is 51.8 Å². The average molecular weight is 495 g/mol. The summed E-state index contributed by atoms with van der Waals surface area (Å²) < 4.78 is 17.4. The first-order valence-electron chi connectivity index (χ1n) is 8.77. The van der Waals surface area contributed by atoms with Gasteiger partial charge < -0.3 is 15.4 Å². The molecule has 0 aromatic heterocycles. The SMILES string of the molecule is CCNC(=NCCS(=O)C(C)(C)C)NC(C)c1cc(C)ccc1OC.I. The first kappa shape index (κ1) is 25.2. The van der Waals surface area contributed by atoms with Gasteiger partial charge in [0.25, 0.3) is 0 Å². The topological polar surface area (TPSA) is 62.7 Å². The van der Waals surface area contributed by atoms with Crippen molar-refractivity contribution in [2.45, 2.75) is 52.3 Å². The summed E-state index contributed by atoms with van der Waals surface area (Å²) >= 11 is 0. The highest BCUT2D eigenvalue weighted by Crippen LogP contribution is 2.25. The van der Waals surface area contributed by atoms with Gasteiger partial charge in [-0.15, -0.1) is 24.0 Å². The summed E-state index contributed by atoms with van der Waals surface area (Å²) in [6.45, 7) is 13.4. The van der Waals surface area contributed by atoms with E-state index in [1.165, 1.54) is 5.56 Å². The molecule has 0 saturated carbocycles. The molecule has 0 saturated heterocycles. The van der Waals surface area contributed by atoms with Crippen LogP contribution in [-0.2, 0) is 10.8 Å². The van der Waals surface area contributed by atoms with Crippen LogP contribution in [0.2, 0.25) is 0 Å². The molecule has 0 heterocycles. The third-order valence-electron chi connectivity index (χ3n) is 3.78. The predicted octanol–water partition coefficient (Wildman–Crippen LogP) is 3.78. The zero-order valence-electron chi connectivity index (χ0n) is 17.0. The van der Waals surface area contributed by atoms with Crippen molar-refractivity contribution in [2.75, 3.05) is 26.0 Å². The van der Waals surface area contributed by atoms with Crippen LogP contribution >= 0.6 is 24.0 Å². The standard InChI is InChI=1S/C19H33N3O2S.HI/c1-8-20-18(21-11-12-25(23)19(4,5)6)22-15(3)16-13-14(2)9-10-17(16)24-7;/h9-10,13,15H,8,11-12H2,1-7H3,(H2,20,21,22);1H. The molecule has 0 spiro atoms. The van der Waals surface area contributed by atoms with Gasteiger partial charge >= 0.3 is 0 Å². The molecule has 2 atom stereocenters. The molecule has 150 valence electrons. The Labute approximate surface area is 178 Å². The van der Waals surface area contributed by atoms with E-state index in [2.05, 4.69) is 35.5 Å². The van der Waals surface area contributed by atoms with Gasteiger partial charge in [0, 0.05) is 33.4 Å². The van der Waals surface area contributed by atoms with E-state index in [1.807, 2.05) is 39.8 Å². The molecule has 0 aliphatic carbocycles. The van der Waals surface area contributed by atoms with Crippen molar-refractivity contribution >= 4 is 40.7 Å². The molecule has 26 heavy (non-hydrogen) atoms. The average Bonchev–Trinajstić information content (AvgIpc) is 2.53. The molecule has 0 amide bonds. The number of methoxy groups -OCH3 is 1. The minimum absolute atomic E-state index is 0. The first-order valence-corrected chi connectivity index (χ1v) is 10.1. The highest BCUT2D eigenvalue weighted by Gasteiger charge is 2.19. The van der Waals surface area contributed by atoms with E-state index in [9.17, 15) is 4.21 Å². The molecule has 2 unspecified atom stereocenters. The molecular weight excluding hydrogens is 461 g/mol. The molecule has 0 aliphatic rings. The van der Waals surface area contributed by atoms with Gasteiger partial charge in [-0.2, -0.15) is 0 Å². The van der Waals surface area contributed by atoms with E-state index in [0.717, 1.165) is 23.8 Å². The van der Waals surface area contributed by atoms with Crippen LogP contribution in [0.15, 0.2) is 23.2 Å². The van der Waals surface area contributed by atoms with Gasteiger partial charge in [0.1, 0.15) is 5.75 Å². The number of aliphatic imine (C=N–C) groups is 1. The number of hydrogen-bond acceptors (Lipinski definition) is 3. The Morgan fingerprint density at radius 1 is 1.35 bits per heavy atom. The molecule has 7 heteroatoms. The Kier molecular flexibility index (Phi) is 11.4. The Balaban J connectivity index is 0.00000625. The summed E-state index contributed by atoms with van der Waals surface area (Å²) in [5, 5.41) is 6.66. The number of benzene rings is 1. The lowest BCUT2D eigenvalue weighted by Gasteiger charge is -2.21. The van der Waals surface area contributed by atoms with E-state index < -0.39 is 10.8 Å².